The third-order valence-corrected chi connectivity index (χ3v) is 4.65. The van der Waals surface area contributed by atoms with Gasteiger partial charge in [-0.25, -0.2) is 13.2 Å². The molecule has 0 radical (unpaired) electrons. The Kier molecular flexibility index (Phi) is 10.9. The quantitative estimate of drug-likeness (QED) is 0.823. The molecule has 25 heavy (non-hydrogen) atoms. The van der Waals surface area contributed by atoms with Gasteiger partial charge in [0, 0.05) is 17.8 Å². The summed E-state index contributed by atoms with van der Waals surface area (Å²) >= 11 is 5.32. The number of anilines is 1. The van der Waals surface area contributed by atoms with E-state index >= 15 is 0 Å². The van der Waals surface area contributed by atoms with E-state index in [9.17, 15) is 8.60 Å². The van der Waals surface area contributed by atoms with Crippen molar-refractivity contribution in [2.24, 2.45) is 0 Å². The lowest BCUT2D eigenvalue weighted by molar-refractivity contribution is 0.300. The Labute approximate surface area is 154 Å². The monoisotopic (exact) mass is 391 g/mol. The normalized spacial score (nSPS) is 12.2. The molecule has 0 amide bonds. The van der Waals surface area contributed by atoms with E-state index < -0.39 is 21.5 Å². The molecule has 0 aliphatic rings. The molecule has 0 bridgehead atoms. The highest BCUT2D eigenvalue weighted by molar-refractivity contribution is 7.87. The van der Waals surface area contributed by atoms with Gasteiger partial charge in [0.25, 0.3) is 0 Å². The van der Waals surface area contributed by atoms with Crippen LogP contribution in [0.3, 0.4) is 0 Å². The molecule has 0 saturated carbocycles. The van der Waals surface area contributed by atoms with E-state index in [-0.39, 0.29) is 0 Å². The van der Waals surface area contributed by atoms with Crippen molar-refractivity contribution in [1.82, 2.24) is 10.3 Å². The van der Waals surface area contributed by atoms with E-state index in [0.717, 1.165) is 12.1 Å². The molecule has 0 aliphatic carbocycles. The van der Waals surface area contributed by atoms with E-state index in [4.69, 9.17) is 16.7 Å². The maximum atomic E-state index is 13.0. The predicted molar refractivity (Wildman–Crippen MR) is 98.9 cm³/mol. The number of rotatable bonds is 4. The molecule has 2 rings (SSSR count). The fourth-order valence-corrected chi connectivity index (χ4v) is 2.19. The second-order valence-corrected chi connectivity index (χ2v) is 7.42. The summed E-state index contributed by atoms with van der Waals surface area (Å²) in [6, 6.07) is 5.77. The Balaban J connectivity index is 0.000000710. The fraction of sp³-hybridized carbons (Fsp3) is 0.375. The smallest absolute Gasteiger partial charge is 0.129 e. The van der Waals surface area contributed by atoms with Crippen LogP contribution in [0.1, 0.15) is 33.4 Å². The molecule has 2 N–H and O–H groups in total. The van der Waals surface area contributed by atoms with Crippen LogP contribution in [0, 0.1) is 5.82 Å². The van der Waals surface area contributed by atoms with Gasteiger partial charge in [-0.15, -0.1) is 0 Å². The Hall–Kier alpha value is -1.77. The fourth-order valence-electron chi connectivity index (χ4n) is 1.31. The summed E-state index contributed by atoms with van der Waals surface area (Å²) in [6.45, 7) is 7.22. The zero-order valence-corrected chi connectivity index (χ0v) is 16.4. The summed E-state index contributed by atoms with van der Waals surface area (Å²) in [4.78, 5) is 0. The van der Waals surface area contributed by atoms with Gasteiger partial charge >= 0.3 is 0 Å². The minimum atomic E-state index is -1.50. The molecule has 6 nitrogen and oxygen atoms in total. The van der Waals surface area contributed by atoms with Crippen LogP contribution >= 0.6 is 11.6 Å². The molecule has 1 heterocycles. The van der Waals surface area contributed by atoms with Gasteiger partial charge in [0.1, 0.15) is 27.2 Å². The second kappa shape index (κ2) is 11.7. The Morgan fingerprint density at radius 1 is 1.44 bits per heavy atom. The van der Waals surface area contributed by atoms with Crippen molar-refractivity contribution in [3.05, 3.63) is 53.1 Å². The maximum Gasteiger partial charge on any atom is 0.129 e. The van der Waals surface area contributed by atoms with E-state index in [1.807, 2.05) is 19.9 Å². The SMILES string of the molecule is C/C=C(\C)Cl.CC(C)(c1cnon1)S(=O)Nc1cccc(F)c1.CO. The minimum absolute atomic E-state index is 0.391. The van der Waals surface area contributed by atoms with Crippen LogP contribution in [0.2, 0.25) is 0 Å². The van der Waals surface area contributed by atoms with Crippen molar-refractivity contribution >= 4 is 28.3 Å². The molecular weight excluding hydrogens is 369 g/mol. The number of nitrogens with one attached hydrogen (secondary N) is 1. The summed E-state index contributed by atoms with van der Waals surface area (Å²) in [5, 5.41) is 15.0. The molecule has 2 aromatic rings. The molecule has 1 unspecified atom stereocenters. The minimum Gasteiger partial charge on any atom is -0.400 e. The van der Waals surface area contributed by atoms with Gasteiger partial charge in [0.15, 0.2) is 0 Å². The van der Waals surface area contributed by atoms with Crippen LogP contribution in [0.25, 0.3) is 0 Å². The summed E-state index contributed by atoms with van der Waals surface area (Å²) < 4.78 is 31.7. The average molecular weight is 392 g/mol. The van der Waals surface area contributed by atoms with Crippen LogP contribution < -0.4 is 4.72 Å². The average Bonchev–Trinajstić information content (AvgIpc) is 3.12. The Morgan fingerprint density at radius 2 is 2.04 bits per heavy atom. The lowest BCUT2D eigenvalue weighted by atomic mass is 10.1. The zero-order valence-electron chi connectivity index (χ0n) is 14.8. The molecule has 0 aliphatic heterocycles. The van der Waals surface area contributed by atoms with Crippen molar-refractivity contribution in [2.75, 3.05) is 11.8 Å². The van der Waals surface area contributed by atoms with E-state index in [0.29, 0.717) is 11.4 Å². The molecule has 0 spiro atoms. The summed E-state index contributed by atoms with van der Waals surface area (Å²) in [5.74, 6) is -0.391. The number of aromatic nitrogens is 2. The largest absolute Gasteiger partial charge is 0.400 e. The molecule has 140 valence electrons. The van der Waals surface area contributed by atoms with Gasteiger partial charge in [-0.3, -0.25) is 0 Å². The van der Waals surface area contributed by atoms with Gasteiger partial charge in [-0.1, -0.05) is 34.1 Å². The number of aliphatic hydroxyl groups excluding tert-OH is 1. The highest BCUT2D eigenvalue weighted by atomic mass is 35.5. The molecule has 1 aromatic carbocycles. The number of allylic oxidation sites excluding steroid dienone is 2. The second-order valence-electron chi connectivity index (χ2n) is 5.06. The predicted octanol–water partition coefficient (Wildman–Crippen LogP) is 3.98. The van der Waals surface area contributed by atoms with Crippen LogP contribution in [0.4, 0.5) is 10.1 Å². The van der Waals surface area contributed by atoms with Gasteiger partial charge < -0.3 is 9.83 Å². The number of hydrogen-bond donors (Lipinski definition) is 2. The molecule has 9 heteroatoms. The zero-order chi connectivity index (χ0) is 19.5. The Bertz CT molecular complexity index is 675. The van der Waals surface area contributed by atoms with Crippen molar-refractivity contribution in [1.29, 1.82) is 0 Å². The first-order valence-electron chi connectivity index (χ1n) is 7.22. The number of nitrogens with zero attached hydrogens (tertiary/aromatic N) is 2. The van der Waals surface area contributed by atoms with Gasteiger partial charge in [-0.05, 0) is 45.9 Å². The van der Waals surface area contributed by atoms with E-state index in [1.165, 1.54) is 18.3 Å². The van der Waals surface area contributed by atoms with Crippen LogP contribution in [-0.2, 0) is 15.7 Å². The Morgan fingerprint density at radius 3 is 2.48 bits per heavy atom. The van der Waals surface area contributed by atoms with Gasteiger partial charge in [0.05, 0.1) is 6.20 Å². The van der Waals surface area contributed by atoms with E-state index in [2.05, 4.69) is 19.7 Å². The number of halogens is 2. The lowest BCUT2D eigenvalue weighted by Gasteiger charge is -2.21. The van der Waals surface area contributed by atoms with Crippen LogP contribution in [0.15, 0.2) is 46.2 Å². The highest BCUT2D eigenvalue weighted by Gasteiger charge is 2.32. The van der Waals surface area contributed by atoms with Crippen molar-refractivity contribution in [3.8, 4) is 0 Å². The summed E-state index contributed by atoms with van der Waals surface area (Å²) in [5.41, 5.74) is 0.905. The van der Waals surface area contributed by atoms with Crippen molar-refractivity contribution in [2.45, 2.75) is 32.4 Å². The number of benzene rings is 1. The molecule has 0 saturated heterocycles. The van der Waals surface area contributed by atoms with E-state index in [1.54, 1.807) is 26.0 Å². The maximum absolute atomic E-state index is 13.0. The number of aliphatic hydroxyl groups is 1. The highest BCUT2D eigenvalue weighted by Crippen LogP contribution is 2.26. The standard InChI is InChI=1S/C11H12FN3O2S.C4H7Cl.CH4O/c1-11(2,10-7-13-17-14-10)18(16)15-9-5-3-4-8(12)6-9;1-3-4(2)5;1-2/h3-7,15H,1-2H3;3H,1-2H3;2H,1H3/b;4-3+;. The number of hydrogen-bond acceptors (Lipinski definition) is 5. The van der Waals surface area contributed by atoms with Crippen LogP contribution in [-0.4, -0.2) is 26.7 Å². The molecular formula is C16H23ClFN3O3S. The first-order chi connectivity index (χ1) is 11.8. The third kappa shape index (κ3) is 8.24. The van der Waals surface area contributed by atoms with Gasteiger partial charge in [-0.2, -0.15) is 0 Å². The molecule has 0 fully saturated rings. The van der Waals surface area contributed by atoms with Gasteiger partial charge in [0.2, 0.25) is 0 Å². The first-order valence-corrected chi connectivity index (χ1v) is 8.75. The lowest BCUT2D eigenvalue weighted by Crippen LogP contribution is -2.29. The summed E-state index contributed by atoms with van der Waals surface area (Å²) in [7, 11) is -0.498. The summed E-state index contributed by atoms with van der Waals surface area (Å²) in [6.07, 6.45) is 3.26. The third-order valence-electron chi connectivity index (χ3n) is 2.87. The topological polar surface area (TPSA) is 88.2 Å². The van der Waals surface area contributed by atoms with Crippen molar-refractivity contribution < 1.29 is 18.3 Å². The van der Waals surface area contributed by atoms with Crippen LogP contribution in [0.5, 0.6) is 0 Å². The molecule has 1 aromatic heterocycles. The van der Waals surface area contributed by atoms with Crippen molar-refractivity contribution in [3.63, 3.8) is 0 Å². The molecule has 1 atom stereocenters. The first kappa shape index (κ1) is 23.2.